The van der Waals surface area contributed by atoms with Crippen molar-refractivity contribution >= 4 is 11.6 Å². The van der Waals surface area contributed by atoms with Crippen molar-refractivity contribution in [2.24, 2.45) is 5.92 Å². The lowest BCUT2D eigenvalue weighted by Crippen LogP contribution is -2.51. The minimum absolute atomic E-state index is 0.297. The summed E-state index contributed by atoms with van der Waals surface area (Å²) in [4.78, 5) is 22.8. The number of para-hydroxylation sites is 2. The van der Waals surface area contributed by atoms with Gasteiger partial charge in [0.25, 0.3) is 0 Å². The van der Waals surface area contributed by atoms with Gasteiger partial charge >= 0.3 is 0 Å². The predicted molar refractivity (Wildman–Crippen MR) is 168 cm³/mol. The number of piperidine rings is 1. The first-order valence-electron chi connectivity index (χ1n) is 15.2. The van der Waals surface area contributed by atoms with Gasteiger partial charge < -0.3 is 24.3 Å². The molecule has 0 unspecified atom stereocenters. The van der Waals surface area contributed by atoms with Crippen LogP contribution in [-0.4, -0.2) is 93.7 Å². The van der Waals surface area contributed by atoms with E-state index in [1.54, 1.807) is 7.11 Å². The number of benzene rings is 3. The zero-order chi connectivity index (χ0) is 28.6. The fraction of sp³-hybridized carbons (Fsp3) is 0.457. The molecule has 3 aromatic rings. The second-order valence-electron chi connectivity index (χ2n) is 11.8. The van der Waals surface area contributed by atoms with Crippen molar-refractivity contribution in [1.29, 1.82) is 0 Å². The first-order chi connectivity index (χ1) is 20.0. The summed E-state index contributed by atoms with van der Waals surface area (Å²) in [7, 11) is 6.11. The molecule has 6 heteroatoms. The highest BCUT2D eigenvalue weighted by Crippen LogP contribution is 2.31. The van der Waals surface area contributed by atoms with Crippen molar-refractivity contribution < 1.29 is 9.53 Å². The van der Waals surface area contributed by atoms with Gasteiger partial charge in [0.1, 0.15) is 5.75 Å². The summed E-state index contributed by atoms with van der Waals surface area (Å²) in [5.74, 6) is 2.01. The van der Waals surface area contributed by atoms with Crippen LogP contribution in [0, 0.1) is 5.92 Å². The van der Waals surface area contributed by atoms with Crippen molar-refractivity contribution in [2.75, 3.05) is 71.9 Å². The van der Waals surface area contributed by atoms with Crippen LogP contribution in [0.25, 0.3) is 0 Å². The number of piperazine rings is 1. The zero-order valence-corrected chi connectivity index (χ0v) is 25.0. The highest BCUT2D eigenvalue weighted by molar-refractivity contribution is 5.76. The van der Waals surface area contributed by atoms with E-state index in [2.05, 4.69) is 100 Å². The number of hydrogen-bond acceptors (Lipinski definition) is 5. The lowest BCUT2D eigenvalue weighted by Gasteiger charge is -2.43. The molecule has 2 atom stereocenters. The molecule has 0 aromatic heterocycles. The van der Waals surface area contributed by atoms with E-state index in [1.807, 2.05) is 18.2 Å². The van der Waals surface area contributed by atoms with E-state index in [4.69, 9.17) is 4.74 Å². The standard InChI is InChI=1S/C35H46N4O2/c1-36(2)32-20-21-37(27-31(28-12-6-4-7-13-28)29-14-8-5-9-15-29)26-30(32)18-19-35(40)39-24-22-38(23-25-39)33-16-10-11-17-34(33)41-3/h4-17,30-32H,18-27H2,1-3H3/t30-,32+/m0/s1. The summed E-state index contributed by atoms with van der Waals surface area (Å²) >= 11 is 0. The van der Waals surface area contributed by atoms with Gasteiger partial charge in [-0.3, -0.25) is 4.79 Å². The second kappa shape index (κ2) is 14.0. The molecule has 2 fully saturated rings. The molecule has 2 heterocycles. The molecule has 0 N–H and O–H groups in total. The largest absolute Gasteiger partial charge is 0.495 e. The number of anilines is 1. The van der Waals surface area contributed by atoms with E-state index >= 15 is 0 Å². The van der Waals surface area contributed by atoms with Crippen LogP contribution in [0.2, 0.25) is 0 Å². The number of likely N-dealkylation sites (tertiary alicyclic amines) is 1. The lowest BCUT2D eigenvalue weighted by molar-refractivity contribution is -0.132. The van der Waals surface area contributed by atoms with Crippen molar-refractivity contribution in [2.45, 2.75) is 31.2 Å². The highest BCUT2D eigenvalue weighted by atomic mass is 16.5. The average molecular weight is 555 g/mol. The number of carbonyl (C=O) groups excluding carboxylic acids is 1. The van der Waals surface area contributed by atoms with E-state index in [0.717, 1.165) is 70.1 Å². The van der Waals surface area contributed by atoms with Crippen LogP contribution in [-0.2, 0) is 4.79 Å². The Hall–Kier alpha value is -3.35. The quantitative estimate of drug-likeness (QED) is 0.344. The highest BCUT2D eigenvalue weighted by Gasteiger charge is 2.33. The summed E-state index contributed by atoms with van der Waals surface area (Å²) in [5.41, 5.74) is 3.85. The number of nitrogens with zero attached hydrogens (tertiary/aromatic N) is 4. The molecule has 0 spiro atoms. The van der Waals surface area contributed by atoms with Gasteiger partial charge in [-0.05, 0) is 62.7 Å². The summed E-state index contributed by atoms with van der Waals surface area (Å²) < 4.78 is 5.56. The Morgan fingerprint density at radius 1 is 0.854 bits per heavy atom. The topological polar surface area (TPSA) is 39.3 Å². The third kappa shape index (κ3) is 7.30. The maximum atomic E-state index is 13.4. The zero-order valence-electron chi connectivity index (χ0n) is 25.0. The molecule has 2 aliphatic heterocycles. The summed E-state index contributed by atoms with van der Waals surface area (Å²) in [6.07, 6.45) is 2.70. The summed E-state index contributed by atoms with van der Waals surface area (Å²) in [6, 6.07) is 30.5. The molecule has 218 valence electrons. The minimum atomic E-state index is 0.297. The van der Waals surface area contributed by atoms with Crippen molar-refractivity contribution in [3.8, 4) is 5.75 Å². The van der Waals surface area contributed by atoms with E-state index in [-0.39, 0.29) is 0 Å². The van der Waals surface area contributed by atoms with Gasteiger partial charge in [-0.2, -0.15) is 0 Å². The molecule has 2 aliphatic rings. The Morgan fingerprint density at radius 2 is 1.46 bits per heavy atom. The number of carbonyl (C=O) groups is 1. The molecule has 2 saturated heterocycles. The number of methoxy groups -OCH3 is 1. The molecule has 0 radical (unpaired) electrons. The smallest absolute Gasteiger partial charge is 0.222 e. The van der Waals surface area contributed by atoms with Gasteiger partial charge in [-0.25, -0.2) is 0 Å². The maximum absolute atomic E-state index is 13.4. The van der Waals surface area contributed by atoms with Crippen molar-refractivity contribution in [3.63, 3.8) is 0 Å². The Kier molecular flexibility index (Phi) is 9.97. The molecule has 0 saturated carbocycles. The van der Waals surface area contributed by atoms with Crippen LogP contribution in [0.3, 0.4) is 0 Å². The number of rotatable bonds is 10. The van der Waals surface area contributed by atoms with E-state index < -0.39 is 0 Å². The van der Waals surface area contributed by atoms with Gasteiger partial charge in [0.15, 0.2) is 0 Å². The van der Waals surface area contributed by atoms with Gasteiger partial charge in [-0.1, -0.05) is 72.8 Å². The summed E-state index contributed by atoms with van der Waals surface area (Å²) in [5, 5.41) is 0. The third-order valence-electron chi connectivity index (χ3n) is 9.07. The SMILES string of the molecule is COc1ccccc1N1CCN(C(=O)CC[C@H]2CN(CC(c3ccccc3)c3ccccc3)CC[C@H]2N(C)C)CC1. The fourth-order valence-electron chi connectivity index (χ4n) is 6.81. The second-order valence-corrected chi connectivity index (χ2v) is 11.8. The molecule has 6 nitrogen and oxygen atoms in total. The Labute approximate surface area is 246 Å². The van der Waals surface area contributed by atoms with Crippen LogP contribution < -0.4 is 9.64 Å². The Balaban J connectivity index is 1.19. The molecule has 0 bridgehead atoms. The maximum Gasteiger partial charge on any atom is 0.222 e. The molecule has 5 rings (SSSR count). The first-order valence-corrected chi connectivity index (χ1v) is 15.2. The van der Waals surface area contributed by atoms with E-state index in [0.29, 0.717) is 30.2 Å². The fourth-order valence-corrected chi connectivity index (χ4v) is 6.81. The number of hydrogen-bond donors (Lipinski definition) is 0. The van der Waals surface area contributed by atoms with Crippen LogP contribution in [0.15, 0.2) is 84.9 Å². The number of amides is 1. The van der Waals surface area contributed by atoms with Crippen LogP contribution in [0.4, 0.5) is 5.69 Å². The lowest BCUT2D eigenvalue weighted by atomic mass is 9.85. The predicted octanol–water partition coefficient (Wildman–Crippen LogP) is 5.21. The monoisotopic (exact) mass is 554 g/mol. The molecule has 41 heavy (non-hydrogen) atoms. The molecular weight excluding hydrogens is 508 g/mol. The molecule has 0 aliphatic carbocycles. The Morgan fingerprint density at radius 3 is 2.07 bits per heavy atom. The number of ether oxygens (including phenoxy) is 1. The molecular formula is C35H46N4O2. The van der Waals surface area contributed by atoms with Crippen molar-refractivity contribution in [3.05, 3.63) is 96.1 Å². The van der Waals surface area contributed by atoms with Crippen LogP contribution in [0.5, 0.6) is 5.75 Å². The summed E-state index contributed by atoms with van der Waals surface area (Å²) in [6.45, 7) is 6.33. The third-order valence-corrected chi connectivity index (χ3v) is 9.07. The molecule has 1 amide bonds. The van der Waals surface area contributed by atoms with Crippen LogP contribution in [0.1, 0.15) is 36.3 Å². The van der Waals surface area contributed by atoms with E-state index in [9.17, 15) is 4.79 Å². The van der Waals surface area contributed by atoms with Crippen molar-refractivity contribution in [1.82, 2.24) is 14.7 Å². The van der Waals surface area contributed by atoms with Gasteiger partial charge in [0.05, 0.1) is 12.8 Å². The molecule has 3 aromatic carbocycles. The van der Waals surface area contributed by atoms with Gasteiger partial charge in [-0.15, -0.1) is 0 Å². The normalized spacial score (nSPS) is 20.0. The minimum Gasteiger partial charge on any atom is -0.495 e. The Bertz CT molecular complexity index is 1190. The van der Waals surface area contributed by atoms with E-state index in [1.165, 1.54) is 11.1 Å². The van der Waals surface area contributed by atoms with Gasteiger partial charge in [0, 0.05) is 57.6 Å². The first kappa shape index (κ1) is 29.2. The average Bonchev–Trinajstić information content (AvgIpc) is 3.03. The van der Waals surface area contributed by atoms with Crippen LogP contribution >= 0.6 is 0 Å². The van der Waals surface area contributed by atoms with Gasteiger partial charge in [0.2, 0.25) is 5.91 Å².